The molecule has 1 aromatic heterocycles. The number of pyridine rings is 1. The van der Waals surface area contributed by atoms with E-state index >= 15 is 0 Å². The van der Waals surface area contributed by atoms with Crippen molar-refractivity contribution in [2.75, 3.05) is 7.05 Å². The van der Waals surface area contributed by atoms with Gasteiger partial charge in [-0.2, -0.15) is 0 Å². The van der Waals surface area contributed by atoms with E-state index in [4.69, 9.17) is 5.73 Å². The summed E-state index contributed by atoms with van der Waals surface area (Å²) in [6.45, 7) is 5.74. The molecule has 0 fully saturated rings. The number of hydrogen-bond acceptors (Lipinski definition) is 4. The van der Waals surface area contributed by atoms with E-state index in [1.807, 2.05) is 39.0 Å². The van der Waals surface area contributed by atoms with Crippen LogP contribution in [0.1, 0.15) is 45.7 Å². The minimum absolute atomic E-state index is 0.157. The van der Waals surface area contributed by atoms with Gasteiger partial charge in [0.1, 0.15) is 6.04 Å². The zero-order valence-corrected chi connectivity index (χ0v) is 15.7. The number of hydrogen-bond donors (Lipinski definition) is 2. The van der Waals surface area contributed by atoms with Crippen molar-refractivity contribution >= 4 is 11.8 Å². The van der Waals surface area contributed by atoms with E-state index in [1.165, 1.54) is 11.9 Å². The molecule has 6 nitrogen and oxygen atoms in total. The summed E-state index contributed by atoms with van der Waals surface area (Å²) in [5, 5.41) is 10.6. The van der Waals surface area contributed by atoms with Crippen LogP contribution in [0.3, 0.4) is 0 Å². The number of aromatic nitrogens is 1. The first kappa shape index (κ1) is 21.1. The number of carbonyl (C=O) groups excluding carboxylic acids is 2. The van der Waals surface area contributed by atoms with Crippen molar-refractivity contribution in [3.63, 3.8) is 0 Å². The third kappa shape index (κ3) is 6.82. The monoisotopic (exact) mass is 349 g/mol. The normalized spacial score (nSPS) is 14.8. The number of amides is 2. The third-order valence-corrected chi connectivity index (χ3v) is 4.41. The number of aliphatic hydroxyl groups is 1. The summed E-state index contributed by atoms with van der Waals surface area (Å²) in [5.74, 6) is -0.839. The van der Waals surface area contributed by atoms with Crippen LogP contribution >= 0.6 is 0 Å². The summed E-state index contributed by atoms with van der Waals surface area (Å²) in [7, 11) is 1.53. The summed E-state index contributed by atoms with van der Waals surface area (Å²) in [4.78, 5) is 29.6. The molecule has 0 radical (unpaired) electrons. The molecule has 6 heteroatoms. The first-order valence-electron chi connectivity index (χ1n) is 8.87. The molecule has 3 N–H and O–H groups in total. The highest BCUT2D eigenvalue weighted by atomic mass is 16.3. The topological polar surface area (TPSA) is 96.5 Å². The second-order valence-electron chi connectivity index (χ2n) is 7.13. The number of carbonyl (C=O) groups is 2. The van der Waals surface area contributed by atoms with Crippen molar-refractivity contribution in [1.29, 1.82) is 0 Å². The lowest BCUT2D eigenvalue weighted by atomic mass is 9.91. The Hall–Kier alpha value is -1.95. The molecule has 0 saturated heterocycles. The Bertz CT molecular complexity index is 548. The van der Waals surface area contributed by atoms with Crippen LogP contribution in [0.5, 0.6) is 0 Å². The fraction of sp³-hybridized carbons (Fsp3) is 0.632. The zero-order valence-electron chi connectivity index (χ0n) is 15.7. The molecule has 0 aliphatic heterocycles. The molecule has 0 bridgehead atoms. The lowest BCUT2D eigenvalue weighted by molar-refractivity contribution is -0.143. The zero-order chi connectivity index (χ0) is 19.0. The van der Waals surface area contributed by atoms with Gasteiger partial charge < -0.3 is 15.7 Å². The smallest absolute Gasteiger partial charge is 0.242 e. The molecule has 1 rings (SSSR count). The van der Waals surface area contributed by atoms with Gasteiger partial charge in [0.15, 0.2) is 0 Å². The highest BCUT2D eigenvalue weighted by molar-refractivity contribution is 5.87. The van der Waals surface area contributed by atoms with E-state index in [0.29, 0.717) is 12.8 Å². The molecule has 25 heavy (non-hydrogen) atoms. The van der Waals surface area contributed by atoms with E-state index in [2.05, 4.69) is 4.98 Å². The Morgan fingerprint density at radius 3 is 2.48 bits per heavy atom. The molecule has 2 amide bonds. The second kappa shape index (κ2) is 10.1. The average molecular weight is 349 g/mol. The molecule has 1 aromatic rings. The van der Waals surface area contributed by atoms with Gasteiger partial charge in [-0.15, -0.1) is 0 Å². The Balaban J connectivity index is 2.63. The quantitative estimate of drug-likeness (QED) is 0.673. The molecular formula is C19H31N3O3. The van der Waals surface area contributed by atoms with Gasteiger partial charge in [0.05, 0.1) is 6.10 Å². The maximum atomic E-state index is 12.2. The molecule has 0 aliphatic carbocycles. The summed E-state index contributed by atoms with van der Waals surface area (Å²) in [6.07, 6.45) is 3.45. The number of rotatable bonds is 10. The molecular weight excluding hydrogens is 318 g/mol. The number of primary amides is 1. The molecule has 0 spiro atoms. The standard InChI is InChI=1S/C19H31N3O3/c1-13(2)12-16(23)22(4)17(19(20)25)18(24)14(3)8-7-10-15-9-5-6-11-21-15/h5-6,9,11,13-14,17-18,24H,7-8,10,12H2,1-4H3,(H2,20,25)/t14-,17+,18-/m1/s1. The lowest BCUT2D eigenvalue weighted by Crippen LogP contribution is -2.54. The van der Waals surface area contributed by atoms with Gasteiger partial charge >= 0.3 is 0 Å². The minimum Gasteiger partial charge on any atom is -0.390 e. The Morgan fingerprint density at radius 2 is 1.96 bits per heavy atom. The lowest BCUT2D eigenvalue weighted by Gasteiger charge is -2.33. The first-order chi connectivity index (χ1) is 11.7. The van der Waals surface area contributed by atoms with Gasteiger partial charge in [-0.25, -0.2) is 0 Å². The fourth-order valence-electron chi connectivity index (χ4n) is 2.87. The van der Waals surface area contributed by atoms with Crippen molar-refractivity contribution in [2.45, 2.75) is 58.6 Å². The van der Waals surface area contributed by atoms with Crippen LogP contribution in [0, 0.1) is 11.8 Å². The van der Waals surface area contributed by atoms with Crippen LogP contribution < -0.4 is 5.73 Å². The Labute approximate surface area is 150 Å². The van der Waals surface area contributed by atoms with Crippen molar-refractivity contribution in [2.24, 2.45) is 17.6 Å². The number of nitrogens with zero attached hydrogens (tertiary/aromatic N) is 2. The largest absolute Gasteiger partial charge is 0.390 e. The molecule has 1 heterocycles. The minimum atomic E-state index is -1.00. The molecule has 3 atom stereocenters. The molecule has 0 aliphatic rings. The SMILES string of the molecule is CC(C)CC(=O)N(C)[C@H](C(N)=O)[C@H](O)[C@H](C)CCCc1ccccn1. The van der Waals surface area contributed by atoms with Crippen molar-refractivity contribution in [1.82, 2.24) is 9.88 Å². The van der Waals surface area contributed by atoms with Crippen LogP contribution in [0.4, 0.5) is 0 Å². The van der Waals surface area contributed by atoms with Gasteiger partial charge in [0.2, 0.25) is 11.8 Å². The molecule has 0 saturated carbocycles. The molecule has 0 aromatic carbocycles. The maximum Gasteiger partial charge on any atom is 0.242 e. The van der Waals surface area contributed by atoms with E-state index < -0.39 is 18.1 Å². The van der Waals surface area contributed by atoms with Gasteiger partial charge in [0, 0.05) is 25.4 Å². The van der Waals surface area contributed by atoms with Crippen LogP contribution in [-0.2, 0) is 16.0 Å². The first-order valence-corrected chi connectivity index (χ1v) is 8.87. The molecule has 0 unspecified atom stereocenters. The predicted molar refractivity (Wildman–Crippen MR) is 97.6 cm³/mol. The van der Waals surface area contributed by atoms with Crippen LogP contribution in [0.25, 0.3) is 0 Å². The van der Waals surface area contributed by atoms with Crippen molar-refractivity contribution in [3.05, 3.63) is 30.1 Å². The van der Waals surface area contributed by atoms with Crippen LogP contribution in [0.2, 0.25) is 0 Å². The molecule has 140 valence electrons. The average Bonchev–Trinajstić information content (AvgIpc) is 2.54. The van der Waals surface area contributed by atoms with Gasteiger partial charge in [0.25, 0.3) is 0 Å². The Kier molecular flexibility index (Phi) is 8.55. The maximum absolute atomic E-state index is 12.2. The summed E-state index contributed by atoms with van der Waals surface area (Å²) < 4.78 is 0. The van der Waals surface area contributed by atoms with Gasteiger partial charge in [-0.05, 0) is 43.2 Å². The van der Waals surface area contributed by atoms with Crippen LogP contribution in [-0.4, -0.2) is 46.0 Å². The summed E-state index contributed by atoms with van der Waals surface area (Å²) in [6, 6.07) is 4.78. The van der Waals surface area contributed by atoms with Crippen LogP contribution in [0.15, 0.2) is 24.4 Å². The number of aryl methyl sites for hydroxylation is 1. The van der Waals surface area contributed by atoms with Gasteiger partial charge in [-0.3, -0.25) is 14.6 Å². The van der Waals surface area contributed by atoms with E-state index in [0.717, 1.165) is 18.5 Å². The van der Waals surface area contributed by atoms with E-state index in [-0.39, 0.29) is 17.7 Å². The number of likely N-dealkylation sites (N-methyl/N-ethyl adjacent to an activating group) is 1. The Morgan fingerprint density at radius 1 is 1.28 bits per heavy atom. The highest BCUT2D eigenvalue weighted by Gasteiger charge is 2.34. The highest BCUT2D eigenvalue weighted by Crippen LogP contribution is 2.19. The van der Waals surface area contributed by atoms with Gasteiger partial charge in [-0.1, -0.05) is 26.8 Å². The predicted octanol–water partition coefficient (Wildman–Crippen LogP) is 1.76. The second-order valence-corrected chi connectivity index (χ2v) is 7.13. The van der Waals surface area contributed by atoms with Crippen molar-refractivity contribution < 1.29 is 14.7 Å². The fourth-order valence-corrected chi connectivity index (χ4v) is 2.87. The third-order valence-electron chi connectivity index (χ3n) is 4.41. The van der Waals surface area contributed by atoms with E-state index in [9.17, 15) is 14.7 Å². The number of aliphatic hydroxyl groups excluding tert-OH is 1. The summed E-state index contributed by atoms with van der Waals surface area (Å²) in [5.41, 5.74) is 6.46. The summed E-state index contributed by atoms with van der Waals surface area (Å²) >= 11 is 0. The van der Waals surface area contributed by atoms with E-state index in [1.54, 1.807) is 6.20 Å². The van der Waals surface area contributed by atoms with Crippen molar-refractivity contribution in [3.8, 4) is 0 Å². The number of nitrogens with two attached hydrogens (primary N) is 1.